The van der Waals surface area contributed by atoms with E-state index in [1.54, 1.807) is 55.5 Å². The molecule has 2 amide bonds. The van der Waals surface area contributed by atoms with Gasteiger partial charge >= 0.3 is 0 Å². The molecule has 1 heterocycles. The Balaban J connectivity index is 1.53. The highest BCUT2D eigenvalue weighted by atomic mass is 35.5. The van der Waals surface area contributed by atoms with Gasteiger partial charge in [-0.3, -0.25) is 24.5 Å². The Hall–Kier alpha value is -5.37. The van der Waals surface area contributed by atoms with Gasteiger partial charge in [-0.05, 0) is 70.7 Å². The van der Waals surface area contributed by atoms with Gasteiger partial charge in [-0.15, -0.1) is 0 Å². The predicted octanol–water partition coefficient (Wildman–Crippen LogP) is 8.40. The number of nitro benzene ring substituents is 1. The first-order chi connectivity index (χ1) is 23.6. The number of rotatable bonds is 6. The number of allylic oxidation sites excluding steroid dienone is 2. The summed E-state index contributed by atoms with van der Waals surface area (Å²) in [5.41, 5.74) is 0.715. The van der Waals surface area contributed by atoms with Crippen molar-refractivity contribution in [2.45, 2.75) is 17.8 Å². The van der Waals surface area contributed by atoms with Crippen molar-refractivity contribution in [2.75, 3.05) is 4.90 Å². The molecule has 7 nitrogen and oxygen atoms in total. The zero-order valence-corrected chi connectivity index (χ0v) is 27.5. The molecular weight excluding hydrogens is 659 g/mol. The molecule has 9 heteroatoms. The van der Waals surface area contributed by atoms with Gasteiger partial charge in [0.05, 0.1) is 33.3 Å². The summed E-state index contributed by atoms with van der Waals surface area (Å²) in [5, 5.41) is 12.9. The fourth-order valence-corrected chi connectivity index (χ4v) is 8.80. The highest BCUT2D eigenvalue weighted by molar-refractivity contribution is 6.39. The maximum atomic E-state index is 16.0. The third kappa shape index (κ3) is 4.06. The first kappa shape index (κ1) is 30.9. The molecule has 0 radical (unpaired) electrons. The molecule has 0 unspecified atom stereocenters. The van der Waals surface area contributed by atoms with E-state index in [1.165, 1.54) is 18.2 Å². The summed E-state index contributed by atoms with van der Waals surface area (Å²) in [6.45, 7) is 1.59. The van der Waals surface area contributed by atoms with Gasteiger partial charge < -0.3 is 0 Å². The molecule has 2 aliphatic carbocycles. The topological polar surface area (TPSA) is 97.6 Å². The second-order valence-corrected chi connectivity index (χ2v) is 13.5. The number of carbonyl (C=O) groups is 3. The molecule has 8 rings (SSSR count). The molecule has 0 spiro atoms. The van der Waals surface area contributed by atoms with Gasteiger partial charge in [-0.2, -0.15) is 0 Å². The van der Waals surface area contributed by atoms with Gasteiger partial charge in [0.25, 0.3) is 5.69 Å². The number of halogens is 2. The Morgan fingerprint density at radius 2 is 1.06 bits per heavy atom. The van der Waals surface area contributed by atoms with Crippen LogP contribution in [0.2, 0.25) is 10.0 Å². The molecule has 5 aromatic rings. The molecule has 0 aromatic heterocycles. The summed E-state index contributed by atoms with van der Waals surface area (Å²) in [5.74, 6) is -3.88. The SMILES string of the molecule is Cc1ccc(N2C(=O)[C@@H]3[C@@H](C2=O)[C@@]2(c4ccc(Cl)cc4)C(=O)[C@@]3(c3ccc(Cl)cc3)C(c3ccccc3)=C2c2ccccc2)cc1[N+](=O)[O-]. The summed E-state index contributed by atoms with van der Waals surface area (Å²) in [6, 6.07) is 37.0. The number of hydrogen-bond acceptors (Lipinski definition) is 5. The van der Waals surface area contributed by atoms with Crippen molar-refractivity contribution in [1.29, 1.82) is 0 Å². The largest absolute Gasteiger partial charge is 0.297 e. The Kier molecular flexibility index (Phi) is 7.00. The number of amides is 2. The van der Waals surface area contributed by atoms with Crippen LogP contribution >= 0.6 is 23.2 Å². The lowest BCUT2D eigenvalue weighted by molar-refractivity contribution is -0.385. The molecule has 1 saturated carbocycles. The first-order valence-corrected chi connectivity index (χ1v) is 16.4. The number of imide groups is 1. The van der Waals surface area contributed by atoms with Gasteiger partial charge in [0, 0.05) is 21.7 Å². The van der Waals surface area contributed by atoms with Crippen molar-refractivity contribution in [2.24, 2.45) is 11.8 Å². The monoisotopic (exact) mass is 684 g/mol. The van der Waals surface area contributed by atoms with Crippen molar-refractivity contribution < 1.29 is 19.3 Å². The maximum Gasteiger partial charge on any atom is 0.274 e. The van der Waals surface area contributed by atoms with Crippen molar-refractivity contribution in [1.82, 2.24) is 0 Å². The van der Waals surface area contributed by atoms with Crippen molar-refractivity contribution in [3.05, 3.63) is 175 Å². The van der Waals surface area contributed by atoms with Gasteiger partial charge in [-0.25, -0.2) is 4.90 Å². The minimum Gasteiger partial charge on any atom is -0.297 e. The van der Waals surface area contributed by atoms with E-state index in [4.69, 9.17) is 23.2 Å². The summed E-state index contributed by atoms with van der Waals surface area (Å²) in [7, 11) is 0. The predicted molar refractivity (Wildman–Crippen MR) is 188 cm³/mol. The fraction of sp³-hybridized carbons (Fsp3) is 0.125. The lowest BCUT2D eigenvalue weighted by Crippen LogP contribution is -2.45. The molecular formula is C40H26Cl2N2O5. The van der Waals surface area contributed by atoms with E-state index in [0.29, 0.717) is 37.9 Å². The summed E-state index contributed by atoms with van der Waals surface area (Å²) in [6.07, 6.45) is 0. The molecule has 5 aromatic carbocycles. The number of hydrogen-bond donors (Lipinski definition) is 0. The summed E-state index contributed by atoms with van der Waals surface area (Å²) in [4.78, 5) is 58.7. The van der Waals surface area contributed by atoms with E-state index in [9.17, 15) is 10.1 Å². The number of carbonyl (C=O) groups excluding carboxylic acids is 3. The van der Waals surface area contributed by atoms with Crippen molar-refractivity contribution in [3.63, 3.8) is 0 Å². The molecule has 240 valence electrons. The molecule has 2 fully saturated rings. The summed E-state index contributed by atoms with van der Waals surface area (Å²) < 4.78 is 0. The van der Waals surface area contributed by atoms with Crippen molar-refractivity contribution in [3.8, 4) is 0 Å². The lowest BCUT2D eigenvalue weighted by Gasteiger charge is -2.39. The Morgan fingerprint density at radius 1 is 0.633 bits per heavy atom. The number of nitro groups is 1. The highest BCUT2D eigenvalue weighted by Gasteiger charge is 2.82. The van der Waals surface area contributed by atoms with E-state index < -0.39 is 39.4 Å². The van der Waals surface area contributed by atoms with E-state index in [-0.39, 0.29) is 17.2 Å². The van der Waals surface area contributed by atoms with Crippen LogP contribution in [0.3, 0.4) is 0 Å². The van der Waals surface area contributed by atoms with Gasteiger partial charge in [0.2, 0.25) is 11.8 Å². The fourth-order valence-electron chi connectivity index (χ4n) is 8.55. The molecule has 1 saturated heterocycles. The third-order valence-electron chi connectivity index (χ3n) is 10.4. The normalized spacial score (nSPS) is 24.1. The van der Waals surface area contributed by atoms with Crippen LogP contribution in [0.15, 0.2) is 127 Å². The average Bonchev–Trinajstić information content (AvgIpc) is 3.62. The second-order valence-electron chi connectivity index (χ2n) is 12.6. The van der Waals surface area contributed by atoms with Crippen LogP contribution in [-0.2, 0) is 25.2 Å². The van der Waals surface area contributed by atoms with Crippen LogP contribution in [0.25, 0.3) is 11.1 Å². The zero-order chi connectivity index (χ0) is 34.2. The molecule has 3 aliphatic rings. The minimum atomic E-state index is -1.64. The molecule has 0 N–H and O–H groups in total. The average molecular weight is 686 g/mol. The van der Waals surface area contributed by atoms with Crippen LogP contribution < -0.4 is 4.90 Å². The Morgan fingerprint density at radius 3 is 1.47 bits per heavy atom. The van der Waals surface area contributed by atoms with Crippen molar-refractivity contribution >= 4 is 63.3 Å². The molecule has 2 bridgehead atoms. The summed E-state index contributed by atoms with van der Waals surface area (Å²) >= 11 is 12.8. The standard InChI is InChI=1S/C40H26Cl2N2O5/c1-23-12-21-30(22-31(23)44(48)49)43-36(45)34-35(37(43)46)40(27-15-19-29(42)20-16-27)33(25-10-6-3-7-11-25)32(24-8-4-2-5-9-24)39(34,38(40)47)26-13-17-28(41)18-14-26/h2-22,34-35H,1H3/t34-,35-,39-,40-/m0/s1. The van der Waals surface area contributed by atoms with Crippen LogP contribution in [0.5, 0.6) is 0 Å². The number of anilines is 1. The van der Waals surface area contributed by atoms with Gasteiger partial charge in [-0.1, -0.05) is 114 Å². The number of fused-ring (bicyclic) bond motifs is 5. The van der Waals surface area contributed by atoms with Crippen LogP contribution in [0, 0.1) is 28.9 Å². The van der Waals surface area contributed by atoms with E-state index in [0.717, 1.165) is 16.0 Å². The molecule has 4 atom stereocenters. The number of benzene rings is 5. The number of nitrogens with zero attached hydrogens (tertiary/aromatic N) is 2. The quantitative estimate of drug-likeness (QED) is 0.102. The maximum absolute atomic E-state index is 16.0. The van der Waals surface area contributed by atoms with E-state index >= 15 is 14.4 Å². The number of ketones is 1. The molecule has 1 aliphatic heterocycles. The van der Waals surface area contributed by atoms with Crippen LogP contribution in [-0.4, -0.2) is 22.5 Å². The second kappa shape index (κ2) is 11.1. The van der Waals surface area contributed by atoms with E-state index in [1.807, 2.05) is 60.7 Å². The zero-order valence-electron chi connectivity index (χ0n) is 26.0. The Labute approximate surface area is 291 Å². The number of Topliss-reactive ketones (excluding diaryl/α,β-unsaturated/α-hetero) is 1. The minimum absolute atomic E-state index is 0.0774. The van der Waals surface area contributed by atoms with Gasteiger partial charge in [0.1, 0.15) is 0 Å². The van der Waals surface area contributed by atoms with E-state index in [2.05, 4.69) is 0 Å². The Bertz CT molecular complexity index is 2130. The van der Waals surface area contributed by atoms with Crippen LogP contribution in [0.4, 0.5) is 11.4 Å². The highest BCUT2D eigenvalue weighted by Crippen LogP contribution is 2.74. The lowest BCUT2D eigenvalue weighted by atomic mass is 9.59. The smallest absolute Gasteiger partial charge is 0.274 e. The first-order valence-electron chi connectivity index (χ1n) is 15.7. The number of aryl methyl sites for hydroxylation is 1. The third-order valence-corrected chi connectivity index (χ3v) is 10.9. The molecule has 49 heavy (non-hydrogen) atoms. The van der Waals surface area contributed by atoms with Crippen LogP contribution in [0.1, 0.15) is 27.8 Å². The van der Waals surface area contributed by atoms with Gasteiger partial charge in [0.15, 0.2) is 5.78 Å².